The fourth-order valence-corrected chi connectivity index (χ4v) is 2.51. The van der Waals surface area contributed by atoms with Gasteiger partial charge in [0.2, 0.25) is 0 Å². The Morgan fingerprint density at radius 1 is 0.957 bits per heavy atom. The molecule has 23 heavy (non-hydrogen) atoms. The van der Waals surface area contributed by atoms with Crippen molar-refractivity contribution in [2.45, 2.75) is 25.7 Å². The second-order valence-electron chi connectivity index (χ2n) is 5.40. The molecule has 1 aliphatic rings. The van der Waals surface area contributed by atoms with E-state index in [4.69, 9.17) is 14.6 Å². The van der Waals surface area contributed by atoms with Gasteiger partial charge in [-0.25, -0.2) is 4.79 Å². The van der Waals surface area contributed by atoms with Gasteiger partial charge in [-0.1, -0.05) is 6.58 Å². The number of benzene rings is 1. The molecule has 0 saturated heterocycles. The molecule has 1 fully saturated rings. The van der Waals surface area contributed by atoms with Crippen LogP contribution in [-0.4, -0.2) is 23.0 Å². The smallest absolute Gasteiger partial charge is 0.335 e. The maximum atomic E-state index is 12.1. The van der Waals surface area contributed by atoms with Crippen molar-refractivity contribution in [2.75, 3.05) is 0 Å². The summed E-state index contributed by atoms with van der Waals surface area (Å²) < 4.78 is 10.2. The summed E-state index contributed by atoms with van der Waals surface area (Å²) in [5.41, 5.74) is 0. The monoisotopic (exact) mass is 318 g/mol. The number of ether oxygens (including phenoxy) is 2. The molecule has 0 radical (unpaired) electrons. The molecule has 6 nitrogen and oxygen atoms in total. The Labute approximate surface area is 133 Å². The average molecular weight is 318 g/mol. The Bertz CT molecular complexity index is 596. The van der Waals surface area contributed by atoms with Crippen LogP contribution in [0.4, 0.5) is 0 Å². The van der Waals surface area contributed by atoms with E-state index in [-0.39, 0.29) is 17.8 Å². The number of carbonyl (C=O) groups is 3. The van der Waals surface area contributed by atoms with Crippen LogP contribution in [0, 0.1) is 11.8 Å². The van der Waals surface area contributed by atoms with Crippen LogP contribution in [0.25, 0.3) is 0 Å². The minimum atomic E-state index is -0.804. The summed E-state index contributed by atoms with van der Waals surface area (Å²) in [7, 11) is 0. The minimum absolute atomic E-state index is 0.274. The Morgan fingerprint density at radius 2 is 1.43 bits per heavy atom. The molecule has 0 bridgehead atoms. The molecule has 122 valence electrons. The summed E-state index contributed by atoms with van der Waals surface area (Å²) in [5.74, 6) is -1.68. The summed E-state index contributed by atoms with van der Waals surface area (Å²) in [4.78, 5) is 34.0. The van der Waals surface area contributed by atoms with Crippen molar-refractivity contribution in [2.24, 2.45) is 11.8 Å². The number of hydrogen-bond donors (Lipinski definition) is 1. The Morgan fingerprint density at radius 3 is 1.91 bits per heavy atom. The van der Waals surface area contributed by atoms with E-state index < -0.39 is 11.9 Å². The van der Waals surface area contributed by atoms with Gasteiger partial charge in [-0.2, -0.15) is 0 Å². The fourth-order valence-electron chi connectivity index (χ4n) is 2.51. The van der Waals surface area contributed by atoms with Crippen LogP contribution in [0.2, 0.25) is 0 Å². The van der Waals surface area contributed by atoms with Crippen LogP contribution in [-0.2, 0) is 14.4 Å². The molecule has 1 N–H and O–H groups in total. The molecule has 0 spiro atoms. The highest BCUT2D eigenvalue weighted by Gasteiger charge is 2.30. The van der Waals surface area contributed by atoms with Gasteiger partial charge in [-0.15, -0.1) is 0 Å². The highest BCUT2D eigenvalue weighted by Crippen LogP contribution is 2.30. The summed E-state index contributed by atoms with van der Waals surface area (Å²) in [5, 5.41) is 8.95. The Hall–Kier alpha value is -2.63. The number of carbonyl (C=O) groups excluding carboxylic acids is 2. The maximum Gasteiger partial charge on any atom is 0.335 e. The van der Waals surface area contributed by atoms with E-state index in [1.165, 1.54) is 24.3 Å². The zero-order valence-corrected chi connectivity index (χ0v) is 12.6. The normalized spacial score (nSPS) is 20.3. The maximum absolute atomic E-state index is 12.1. The lowest BCUT2D eigenvalue weighted by Gasteiger charge is -2.24. The van der Waals surface area contributed by atoms with E-state index in [0.29, 0.717) is 37.2 Å². The van der Waals surface area contributed by atoms with E-state index in [0.717, 1.165) is 6.08 Å². The van der Waals surface area contributed by atoms with E-state index in [9.17, 15) is 14.4 Å². The first-order chi connectivity index (χ1) is 11.0. The van der Waals surface area contributed by atoms with Crippen molar-refractivity contribution in [3.63, 3.8) is 0 Å². The van der Waals surface area contributed by atoms with Crippen molar-refractivity contribution in [3.8, 4) is 11.5 Å². The van der Waals surface area contributed by atoms with Gasteiger partial charge in [0, 0.05) is 6.08 Å². The highest BCUT2D eigenvalue weighted by molar-refractivity contribution is 5.83. The van der Waals surface area contributed by atoms with Gasteiger partial charge in [-0.3, -0.25) is 9.59 Å². The molecular formula is C17H18O6. The largest absolute Gasteiger partial charge is 0.481 e. The standard InChI is InChI=1S/C17H18O6/c1-2-15(18)22-13-7-9-14(10-8-13)23-17(21)12-5-3-11(4-6-12)16(19)20/h2,7-12H,1,3-6H2,(H,19,20). The van der Waals surface area contributed by atoms with Crippen molar-refractivity contribution < 1.29 is 29.0 Å². The molecule has 0 atom stereocenters. The zero-order chi connectivity index (χ0) is 16.8. The molecule has 0 unspecified atom stereocenters. The van der Waals surface area contributed by atoms with Gasteiger partial charge in [0.25, 0.3) is 0 Å². The molecule has 1 aromatic rings. The highest BCUT2D eigenvalue weighted by atomic mass is 16.5. The first kappa shape index (κ1) is 16.7. The van der Waals surface area contributed by atoms with Crippen LogP contribution in [0.1, 0.15) is 25.7 Å². The van der Waals surface area contributed by atoms with Crippen molar-refractivity contribution in [3.05, 3.63) is 36.9 Å². The molecule has 1 aliphatic carbocycles. The molecule has 1 saturated carbocycles. The summed E-state index contributed by atoms with van der Waals surface area (Å²) in [6.07, 6.45) is 3.08. The zero-order valence-electron chi connectivity index (χ0n) is 12.6. The quantitative estimate of drug-likeness (QED) is 0.510. The van der Waals surface area contributed by atoms with Gasteiger partial charge in [0.1, 0.15) is 11.5 Å². The van der Waals surface area contributed by atoms with Crippen LogP contribution < -0.4 is 9.47 Å². The van der Waals surface area contributed by atoms with E-state index >= 15 is 0 Å². The molecule has 1 aromatic carbocycles. The van der Waals surface area contributed by atoms with Crippen LogP contribution in [0.3, 0.4) is 0 Å². The predicted molar refractivity (Wildman–Crippen MR) is 81.0 cm³/mol. The average Bonchev–Trinajstić information content (AvgIpc) is 2.56. The third-order valence-electron chi connectivity index (χ3n) is 3.84. The van der Waals surface area contributed by atoms with Crippen LogP contribution in [0.5, 0.6) is 11.5 Å². The lowest BCUT2D eigenvalue weighted by Crippen LogP contribution is -2.28. The third kappa shape index (κ3) is 4.67. The fraction of sp³-hybridized carbons (Fsp3) is 0.353. The Balaban J connectivity index is 1.87. The van der Waals surface area contributed by atoms with Crippen LogP contribution in [0.15, 0.2) is 36.9 Å². The van der Waals surface area contributed by atoms with Gasteiger partial charge in [-0.05, 0) is 49.9 Å². The molecule has 0 amide bonds. The second-order valence-corrected chi connectivity index (χ2v) is 5.40. The number of esters is 2. The van der Waals surface area contributed by atoms with Crippen LogP contribution >= 0.6 is 0 Å². The van der Waals surface area contributed by atoms with Crippen molar-refractivity contribution in [1.82, 2.24) is 0 Å². The first-order valence-electron chi connectivity index (χ1n) is 7.38. The third-order valence-corrected chi connectivity index (χ3v) is 3.84. The molecule has 6 heteroatoms. The number of hydrogen-bond acceptors (Lipinski definition) is 5. The molecule has 0 heterocycles. The van der Waals surface area contributed by atoms with E-state index in [1.54, 1.807) is 0 Å². The SMILES string of the molecule is C=CC(=O)Oc1ccc(OC(=O)C2CCC(C(=O)O)CC2)cc1. The summed E-state index contributed by atoms with van der Waals surface area (Å²) >= 11 is 0. The Kier molecular flexibility index (Phi) is 5.51. The van der Waals surface area contributed by atoms with Gasteiger partial charge in [0.05, 0.1) is 11.8 Å². The summed E-state index contributed by atoms with van der Waals surface area (Å²) in [6, 6.07) is 6.11. The topological polar surface area (TPSA) is 89.9 Å². The number of carboxylic acids is 1. The number of rotatable bonds is 5. The molecule has 0 aromatic heterocycles. The summed E-state index contributed by atoms with van der Waals surface area (Å²) in [6.45, 7) is 3.30. The minimum Gasteiger partial charge on any atom is -0.481 e. The second kappa shape index (κ2) is 7.58. The predicted octanol–water partition coefficient (Wildman–Crippen LogP) is 2.57. The molecule has 2 rings (SSSR count). The lowest BCUT2D eigenvalue weighted by atomic mass is 9.82. The molecular weight excluding hydrogens is 300 g/mol. The lowest BCUT2D eigenvalue weighted by molar-refractivity contribution is -0.146. The first-order valence-corrected chi connectivity index (χ1v) is 7.38. The molecule has 0 aliphatic heterocycles. The van der Waals surface area contributed by atoms with Crippen molar-refractivity contribution in [1.29, 1.82) is 0 Å². The number of carboxylic acid groups (broad SMARTS) is 1. The van der Waals surface area contributed by atoms with Gasteiger partial charge < -0.3 is 14.6 Å². The van der Waals surface area contributed by atoms with E-state index in [2.05, 4.69) is 6.58 Å². The van der Waals surface area contributed by atoms with Gasteiger partial charge in [0.15, 0.2) is 0 Å². The van der Waals surface area contributed by atoms with Crippen molar-refractivity contribution >= 4 is 17.9 Å². The number of aliphatic carboxylic acids is 1. The van der Waals surface area contributed by atoms with E-state index in [1.807, 2.05) is 0 Å². The van der Waals surface area contributed by atoms with Gasteiger partial charge >= 0.3 is 17.9 Å².